The van der Waals surface area contributed by atoms with Crippen LogP contribution in [0.5, 0.6) is 0 Å². The number of anilines is 1. The Morgan fingerprint density at radius 1 is 1.21 bits per heavy atom. The number of ether oxygens (including phenoxy) is 1. The Labute approximate surface area is 167 Å². The van der Waals surface area contributed by atoms with E-state index in [1.54, 1.807) is 42.8 Å². The predicted molar refractivity (Wildman–Crippen MR) is 105 cm³/mol. The number of carbonyl (C=O) groups excluding carboxylic acids is 3. The maximum atomic E-state index is 12.2. The SMILES string of the molecule is CCNC(=O)c1cccc(NC(=O)CSc2nnc(CC(=O)OCC)n2C)c1. The average Bonchev–Trinajstić information content (AvgIpc) is 3.00. The standard InChI is InChI=1S/C18H23N5O4S/c1-4-19-17(26)12-7-6-8-13(9-12)20-15(24)11-28-18-22-21-14(23(18)3)10-16(25)27-5-2/h6-9H,4-5,10-11H2,1-3H3,(H,19,26)(H,20,24). The van der Waals surface area contributed by atoms with Crippen LogP contribution in [0.25, 0.3) is 0 Å². The first-order valence-electron chi connectivity index (χ1n) is 8.79. The molecule has 0 spiro atoms. The molecular weight excluding hydrogens is 382 g/mol. The zero-order valence-electron chi connectivity index (χ0n) is 16.0. The van der Waals surface area contributed by atoms with E-state index in [1.807, 2.05) is 6.92 Å². The molecule has 0 aliphatic heterocycles. The summed E-state index contributed by atoms with van der Waals surface area (Å²) in [6, 6.07) is 6.72. The second-order valence-corrected chi connectivity index (χ2v) is 6.66. The molecule has 9 nitrogen and oxygen atoms in total. The molecule has 2 N–H and O–H groups in total. The van der Waals surface area contributed by atoms with Gasteiger partial charge >= 0.3 is 5.97 Å². The lowest BCUT2D eigenvalue weighted by atomic mass is 10.2. The van der Waals surface area contributed by atoms with Gasteiger partial charge in [-0.05, 0) is 32.0 Å². The molecule has 0 bridgehead atoms. The molecule has 2 aromatic rings. The Hall–Kier alpha value is -2.88. The van der Waals surface area contributed by atoms with Gasteiger partial charge in [-0.2, -0.15) is 0 Å². The molecule has 0 aliphatic carbocycles. The van der Waals surface area contributed by atoms with Crippen LogP contribution in [-0.4, -0.2) is 51.5 Å². The van der Waals surface area contributed by atoms with Gasteiger partial charge in [0, 0.05) is 24.8 Å². The Kier molecular flexibility index (Phi) is 8.00. The number of benzene rings is 1. The van der Waals surface area contributed by atoms with Gasteiger partial charge < -0.3 is 19.9 Å². The normalized spacial score (nSPS) is 10.4. The highest BCUT2D eigenvalue weighted by Gasteiger charge is 2.15. The van der Waals surface area contributed by atoms with Crippen LogP contribution in [-0.2, 0) is 27.8 Å². The van der Waals surface area contributed by atoms with Gasteiger partial charge in [-0.1, -0.05) is 17.8 Å². The van der Waals surface area contributed by atoms with Crippen LogP contribution in [0.15, 0.2) is 29.4 Å². The lowest BCUT2D eigenvalue weighted by Gasteiger charge is -2.08. The Morgan fingerprint density at radius 3 is 2.71 bits per heavy atom. The molecule has 1 heterocycles. The fourth-order valence-electron chi connectivity index (χ4n) is 2.29. The third-order valence-corrected chi connectivity index (χ3v) is 4.63. The highest BCUT2D eigenvalue weighted by molar-refractivity contribution is 7.99. The number of carbonyl (C=O) groups is 3. The summed E-state index contributed by atoms with van der Waals surface area (Å²) in [4.78, 5) is 35.6. The first-order valence-corrected chi connectivity index (χ1v) is 9.78. The van der Waals surface area contributed by atoms with Gasteiger partial charge in [0.2, 0.25) is 5.91 Å². The van der Waals surface area contributed by atoms with Gasteiger partial charge in [0.25, 0.3) is 5.91 Å². The number of aromatic nitrogens is 3. The quantitative estimate of drug-likeness (QED) is 0.479. The van der Waals surface area contributed by atoms with E-state index < -0.39 is 0 Å². The zero-order chi connectivity index (χ0) is 20.5. The number of rotatable bonds is 9. The lowest BCUT2D eigenvalue weighted by molar-refractivity contribution is -0.142. The fourth-order valence-corrected chi connectivity index (χ4v) is 3.02. The number of esters is 1. The predicted octanol–water partition coefficient (Wildman–Crippen LogP) is 1.40. The Bertz CT molecular complexity index is 852. The molecule has 0 fully saturated rings. The van der Waals surface area contributed by atoms with E-state index in [9.17, 15) is 14.4 Å². The molecule has 28 heavy (non-hydrogen) atoms. The van der Waals surface area contributed by atoms with Crippen molar-refractivity contribution >= 4 is 35.2 Å². The van der Waals surface area contributed by atoms with Crippen molar-refractivity contribution in [3.8, 4) is 0 Å². The number of hydrogen-bond donors (Lipinski definition) is 2. The largest absolute Gasteiger partial charge is 0.466 e. The van der Waals surface area contributed by atoms with Crippen molar-refractivity contribution in [2.75, 3.05) is 24.2 Å². The van der Waals surface area contributed by atoms with E-state index in [-0.39, 0.29) is 30.0 Å². The first kappa shape index (κ1) is 21.4. The highest BCUT2D eigenvalue weighted by Crippen LogP contribution is 2.17. The summed E-state index contributed by atoms with van der Waals surface area (Å²) < 4.78 is 6.55. The van der Waals surface area contributed by atoms with Gasteiger partial charge in [0.1, 0.15) is 12.2 Å². The van der Waals surface area contributed by atoms with Gasteiger partial charge in [0.05, 0.1) is 12.4 Å². The molecule has 2 rings (SSSR count). The second-order valence-electron chi connectivity index (χ2n) is 5.72. The average molecular weight is 405 g/mol. The molecule has 10 heteroatoms. The molecule has 0 saturated heterocycles. The van der Waals surface area contributed by atoms with Gasteiger partial charge in [0.15, 0.2) is 5.16 Å². The van der Waals surface area contributed by atoms with E-state index in [1.165, 1.54) is 11.8 Å². The molecule has 0 saturated carbocycles. The first-order chi connectivity index (χ1) is 13.4. The lowest BCUT2D eigenvalue weighted by Crippen LogP contribution is -2.23. The fraction of sp³-hybridized carbons (Fsp3) is 0.389. The summed E-state index contributed by atoms with van der Waals surface area (Å²) in [5.74, 6) is -0.235. The van der Waals surface area contributed by atoms with Crippen molar-refractivity contribution in [2.45, 2.75) is 25.4 Å². The molecule has 0 atom stereocenters. The summed E-state index contributed by atoms with van der Waals surface area (Å²) in [5.41, 5.74) is 1.01. The summed E-state index contributed by atoms with van der Waals surface area (Å²) in [5, 5.41) is 13.9. The molecule has 0 radical (unpaired) electrons. The van der Waals surface area contributed by atoms with Crippen molar-refractivity contribution in [3.63, 3.8) is 0 Å². The van der Waals surface area contributed by atoms with E-state index >= 15 is 0 Å². The van der Waals surface area contributed by atoms with Gasteiger partial charge in [-0.15, -0.1) is 10.2 Å². The van der Waals surface area contributed by atoms with Gasteiger partial charge in [-0.25, -0.2) is 0 Å². The highest BCUT2D eigenvalue weighted by atomic mass is 32.2. The van der Waals surface area contributed by atoms with E-state index in [2.05, 4.69) is 20.8 Å². The molecule has 0 aliphatic rings. The minimum atomic E-state index is -0.376. The topological polar surface area (TPSA) is 115 Å². The van der Waals surface area contributed by atoms with Crippen LogP contribution < -0.4 is 10.6 Å². The van der Waals surface area contributed by atoms with Crippen molar-refractivity contribution in [3.05, 3.63) is 35.7 Å². The summed E-state index contributed by atoms with van der Waals surface area (Å²) in [6.07, 6.45) is 0.0245. The van der Waals surface area contributed by atoms with Crippen molar-refractivity contribution in [1.29, 1.82) is 0 Å². The molecule has 0 unspecified atom stereocenters. The minimum Gasteiger partial charge on any atom is -0.466 e. The number of amides is 2. The minimum absolute atomic E-state index is 0.0245. The molecule has 1 aromatic carbocycles. The van der Waals surface area contributed by atoms with Crippen LogP contribution in [0.1, 0.15) is 30.0 Å². The summed E-state index contributed by atoms with van der Waals surface area (Å²) in [7, 11) is 1.73. The van der Waals surface area contributed by atoms with Crippen molar-refractivity contribution in [1.82, 2.24) is 20.1 Å². The molecule has 1 aromatic heterocycles. The number of nitrogens with one attached hydrogen (secondary N) is 2. The maximum Gasteiger partial charge on any atom is 0.313 e. The zero-order valence-corrected chi connectivity index (χ0v) is 16.8. The van der Waals surface area contributed by atoms with Crippen LogP contribution in [0, 0.1) is 0 Å². The van der Waals surface area contributed by atoms with E-state index in [0.29, 0.717) is 35.4 Å². The third kappa shape index (κ3) is 6.08. The molecular formula is C18H23N5O4S. The molecule has 2 amide bonds. The van der Waals surface area contributed by atoms with Crippen LogP contribution in [0.4, 0.5) is 5.69 Å². The van der Waals surface area contributed by atoms with E-state index in [0.717, 1.165) is 0 Å². The van der Waals surface area contributed by atoms with Crippen LogP contribution in [0.3, 0.4) is 0 Å². The third-order valence-electron chi connectivity index (χ3n) is 3.61. The van der Waals surface area contributed by atoms with Crippen molar-refractivity contribution in [2.24, 2.45) is 7.05 Å². The van der Waals surface area contributed by atoms with Crippen LogP contribution in [0.2, 0.25) is 0 Å². The van der Waals surface area contributed by atoms with Crippen molar-refractivity contribution < 1.29 is 19.1 Å². The monoisotopic (exact) mass is 405 g/mol. The molecule has 150 valence electrons. The summed E-state index contributed by atoms with van der Waals surface area (Å²) in [6.45, 7) is 4.41. The van der Waals surface area contributed by atoms with Crippen LogP contribution >= 0.6 is 11.8 Å². The second kappa shape index (κ2) is 10.5. The van der Waals surface area contributed by atoms with E-state index in [4.69, 9.17) is 4.74 Å². The van der Waals surface area contributed by atoms with Gasteiger partial charge in [-0.3, -0.25) is 14.4 Å². The summed E-state index contributed by atoms with van der Waals surface area (Å²) >= 11 is 1.20. The number of thioether (sulfide) groups is 1. The Morgan fingerprint density at radius 2 is 2.00 bits per heavy atom. The Balaban J connectivity index is 1.91. The number of nitrogens with zero attached hydrogens (tertiary/aromatic N) is 3. The number of hydrogen-bond acceptors (Lipinski definition) is 7. The smallest absolute Gasteiger partial charge is 0.313 e. The maximum absolute atomic E-state index is 12.2.